The number of benzene rings is 1. The van der Waals surface area contributed by atoms with Gasteiger partial charge in [0.15, 0.2) is 18.3 Å². The number of aryl methyl sites for hydroxylation is 2. The third kappa shape index (κ3) is 2.29. The molecular weight excluding hydrogens is 322 g/mol. The molecule has 0 aliphatic carbocycles. The van der Waals surface area contributed by atoms with Crippen LogP contribution in [0.3, 0.4) is 0 Å². The van der Waals surface area contributed by atoms with Crippen molar-refractivity contribution in [3.8, 4) is 11.5 Å². The van der Waals surface area contributed by atoms with Gasteiger partial charge >= 0.3 is 0 Å². The standard InChI is InChI=1S/C15H20BrNO3/c1-6-17-10(3)9(2)13-11(16)7-12(19-5)15(14(13)17)20-8-18-4/h7H,6,8H2,1-5H3. The van der Waals surface area contributed by atoms with Gasteiger partial charge in [0, 0.05) is 29.2 Å². The molecule has 0 saturated heterocycles. The van der Waals surface area contributed by atoms with Crippen LogP contribution in [-0.2, 0) is 11.3 Å². The predicted molar refractivity (Wildman–Crippen MR) is 83.8 cm³/mol. The zero-order valence-electron chi connectivity index (χ0n) is 12.5. The third-order valence-electron chi connectivity index (χ3n) is 3.62. The van der Waals surface area contributed by atoms with Crippen LogP contribution in [0.5, 0.6) is 11.5 Å². The van der Waals surface area contributed by atoms with Crippen molar-refractivity contribution in [2.45, 2.75) is 27.3 Å². The van der Waals surface area contributed by atoms with Crippen LogP contribution in [0.2, 0.25) is 0 Å². The van der Waals surface area contributed by atoms with Gasteiger partial charge in [-0.05, 0) is 48.3 Å². The monoisotopic (exact) mass is 341 g/mol. The molecule has 0 spiro atoms. The molecule has 0 radical (unpaired) electrons. The molecule has 0 unspecified atom stereocenters. The largest absolute Gasteiger partial charge is 0.493 e. The Balaban J connectivity index is 2.84. The van der Waals surface area contributed by atoms with Crippen molar-refractivity contribution >= 4 is 26.8 Å². The van der Waals surface area contributed by atoms with Crippen molar-refractivity contribution in [1.82, 2.24) is 4.57 Å². The van der Waals surface area contributed by atoms with Gasteiger partial charge in [-0.3, -0.25) is 0 Å². The van der Waals surface area contributed by atoms with Gasteiger partial charge in [-0.2, -0.15) is 0 Å². The van der Waals surface area contributed by atoms with Crippen molar-refractivity contribution in [3.05, 3.63) is 21.8 Å². The zero-order valence-corrected chi connectivity index (χ0v) is 14.1. The number of aromatic nitrogens is 1. The van der Waals surface area contributed by atoms with Gasteiger partial charge in [0.05, 0.1) is 12.6 Å². The maximum Gasteiger partial charge on any atom is 0.189 e. The lowest BCUT2D eigenvalue weighted by Gasteiger charge is -2.14. The average molecular weight is 342 g/mol. The van der Waals surface area contributed by atoms with Crippen LogP contribution < -0.4 is 9.47 Å². The van der Waals surface area contributed by atoms with Crippen LogP contribution in [-0.4, -0.2) is 25.6 Å². The lowest BCUT2D eigenvalue weighted by Crippen LogP contribution is -2.04. The first-order chi connectivity index (χ1) is 9.56. The highest BCUT2D eigenvalue weighted by Gasteiger charge is 2.21. The summed E-state index contributed by atoms with van der Waals surface area (Å²) in [6.07, 6.45) is 0. The summed E-state index contributed by atoms with van der Waals surface area (Å²) in [7, 11) is 3.25. The van der Waals surface area contributed by atoms with Gasteiger partial charge in [-0.15, -0.1) is 0 Å². The molecule has 110 valence electrons. The number of rotatable bonds is 5. The molecule has 0 N–H and O–H groups in total. The Kier molecular flexibility index (Phi) is 4.60. The maximum atomic E-state index is 5.77. The molecule has 0 amide bonds. The number of hydrogen-bond acceptors (Lipinski definition) is 3. The molecule has 5 heteroatoms. The summed E-state index contributed by atoms with van der Waals surface area (Å²) in [5, 5.41) is 1.16. The van der Waals surface area contributed by atoms with Crippen LogP contribution in [0.15, 0.2) is 10.5 Å². The first-order valence-electron chi connectivity index (χ1n) is 6.54. The Morgan fingerprint density at radius 3 is 2.50 bits per heavy atom. The van der Waals surface area contributed by atoms with E-state index in [-0.39, 0.29) is 6.79 Å². The molecule has 4 nitrogen and oxygen atoms in total. The lowest BCUT2D eigenvalue weighted by molar-refractivity contribution is 0.0500. The SMILES string of the molecule is CCn1c(C)c(C)c2c(Br)cc(OC)c(OCOC)c21. The van der Waals surface area contributed by atoms with E-state index < -0.39 is 0 Å². The highest BCUT2D eigenvalue weighted by atomic mass is 79.9. The topological polar surface area (TPSA) is 32.6 Å². The second kappa shape index (κ2) is 6.06. The van der Waals surface area contributed by atoms with E-state index in [0.29, 0.717) is 5.75 Å². The fraction of sp³-hybridized carbons (Fsp3) is 0.467. The number of halogens is 1. The Labute approximate surface area is 127 Å². The lowest BCUT2D eigenvalue weighted by atomic mass is 10.1. The molecule has 1 aromatic heterocycles. The fourth-order valence-electron chi connectivity index (χ4n) is 2.57. The minimum Gasteiger partial charge on any atom is -0.493 e. The molecule has 1 heterocycles. The molecule has 20 heavy (non-hydrogen) atoms. The van der Waals surface area contributed by atoms with E-state index in [1.807, 2.05) is 6.07 Å². The predicted octanol–water partition coefficient (Wildman–Crippen LogP) is 4.03. The molecule has 0 atom stereocenters. The van der Waals surface area contributed by atoms with E-state index in [4.69, 9.17) is 14.2 Å². The van der Waals surface area contributed by atoms with E-state index >= 15 is 0 Å². The number of methoxy groups -OCH3 is 2. The highest BCUT2D eigenvalue weighted by molar-refractivity contribution is 9.10. The van der Waals surface area contributed by atoms with Gasteiger partial charge in [0.25, 0.3) is 0 Å². The molecule has 0 aliphatic rings. The van der Waals surface area contributed by atoms with Crippen LogP contribution >= 0.6 is 15.9 Å². The van der Waals surface area contributed by atoms with E-state index in [1.165, 1.54) is 11.3 Å². The van der Waals surface area contributed by atoms with Crippen molar-refractivity contribution in [2.75, 3.05) is 21.0 Å². The third-order valence-corrected chi connectivity index (χ3v) is 4.25. The number of nitrogens with zero attached hydrogens (tertiary/aromatic N) is 1. The molecule has 2 aromatic rings. The summed E-state index contributed by atoms with van der Waals surface area (Å²) in [6.45, 7) is 7.44. The molecule has 1 aromatic carbocycles. The number of ether oxygens (including phenoxy) is 3. The Bertz CT molecular complexity index is 634. The summed E-state index contributed by atoms with van der Waals surface area (Å²) < 4.78 is 19.5. The molecule has 0 saturated carbocycles. The quantitative estimate of drug-likeness (QED) is 0.769. The summed E-state index contributed by atoms with van der Waals surface area (Å²) in [4.78, 5) is 0. The smallest absolute Gasteiger partial charge is 0.189 e. The van der Waals surface area contributed by atoms with Crippen LogP contribution in [0.1, 0.15) is 18.2 Å². The number of fused-ring (bicyclic) bond motifs is 1. The Hall–Kier alpha value is -1.20. The first kappa shape index (κ1) is 15.2. The maximum absolute atomic E-state index is 5.77. The van der Waals surface area contributed by atoms with Crippen molar-refractivity contribution < 1.29 is 14.2 Å². The van der Waals surface area contributed by atoms with Gasteiger partial charge in [0.1, 0.15) is 0 Å². The molecule has 0 bridgehead atoms. The minimum absolute atomic E-state index is 0.195. The van der Waals surface area contributed by atoms with E-state index in [1.54, 1.807) is 14.2 Å². The molecule has 2 rings (SSSR count). The highest BCUT2D eigenvalue weighted by Crippen LogP contribution is 2.43. The van der Waals surface area contributed by atoms with Gasteiger partial charge in [-0.1, -0.05) is 0 Å². The number of hydrogen-bond donors (Lipinski definition) is 0. The Morgan fingerprint density at radius 2 is 1.95 bits per heavy atom. The molecule has 0 aliphatic heterocycles. The van der Waals surface area contributed by atoms with E-state index in [9.17, 15) is 0 Å². The van der Waals surface area contributed by atoms with Gasteiger partial charge < -0.3 is 18.8 Å². The van der Waals surface area contributed by atoms with Crippen LogP contribution in [0.25, 0.3) is 10.9 Å². The second-order valence-electron chi connectivity index (χ2n) is 4.62. The minimum atomic E-state index is 0.195. The van der Waals surface area contributed by atoms with E-state index in [0.717, 1.165) is 27.7 Å². The van der Waals surface area contributed by atoms with E-state index in [2.05, 4.69) is 41.3 Å². The van der Waals surface area contributed by atoms with Crippen molar-refractivity contribution in [2.24, 2.45) is 0 Å². The van der Waals surface area contributed by atoms with Gasteiger partial charge in [-0.25, -0.2) is 0 Å². The Morgan fingerprint density at radius 1 is 1.25 bits per heavy atom. The van der Waals surface area contributed by atoms with Crippen LogP contribution in [0, 0.1) is 13.8 Å². The molecule has 0 fully saturated rings. The van der Waals surface area contributed by atoms with Crippen LogP contribution in [0.4, 0.5) is 0 Å². The second-order valence-corrected chi connectivity index (χ2v) is 5.47. The van der Waals surface area contributed by atoms with Gasteiger partial charge in [0.2, 0.25) is 0 Å². The summed E-state index contributed by atoms with van der Waals surface area (Å²) in [5.41, 5.74) is 3.53. The van der Waals surface area contributed by atoms with Crippen molar-refractivity contribution in [3.63, 3.8) is 0 Å². The summed E-state index contributed by atoms with van der Waals surface area (Å²) in [6, 6.07) is 1.94. The zero-order chi connectivity index (χ0) is 14.9. The fourth-order valence-corrected chi connectivity index (χ4v) is 3.26. The normalized spacial score (nSPS) is 11.1. The first-order valence-corrected chi connectivity index (χ1v) is 7.33. The average Bonchev–Trinajstić information content (AvgIpc) is 2.70. The summed E-state index contributed by atoms with van der Waals surface area (Å²) in [5.74, 6) is 1.43. The summed E-state index contributed by atoms with van der Waals surface area (Å²) >= 11 is 3.64. The van der Waals surface area contributed by atoms with Crippen molar-refractivity contribution in [1.29, 1.82) is 0 Å². The molecular formula is C15H20BrNO3.